The molecule has 4 aliphatic rings. The number of likely N-dealkylation sites (tertiary alicyclic amines) is 1. The number of alkyl halides is 3. The molecular formula is C26H35F3N8O3. The lowest BCUT2D eigenvalue weighted by Gasteiger charge is -2.41. The second kappa shape index (κ2) is 12.3. The Morgan fingerprint density at radius 2 is 1.95 bits per heavy atom. The number of hydrogen-bond donors (Lipinski definition) is 3. The van der Waals surface area contributed by atoms with Gasteiger partial charge in [0.1, 0.15) is 11.9 Å². The van der Waals surface area contributed by atoms with E-state index in [4.69, 9.17) is 10.00 Å². The van der Waals surface area contributed by atoms with E-state index in [0.29, 0.717) is 64.2 Å². The molecule has 4 saturated heterocycles. The second-order valence-electron chi connectivity index (χ2n) is 10.9. The molecule has 4 aliphatic heterocycles. The number of piperidine rings is 1. The van der Waals surface area contributed by atoms with Crippen LogP contribution in [0.15, 0.2) is 18.3 Å². The topological polar surface area (TPSA) is 126 Å². The van der Waals surface area contributed by atoms with Gasteiger partial charge in [-0.1, -0.05) is 0 Å². The highest BCUT2D eigenvalue weighted by Gasteiger charge is 2.54. The quantitative estimate of drug-likeness (QED) is 0.446. The first-order valence-electron chi connectivity index (χ1n) is 13.8. The highest BCUT2D eigenvalue weighted by atomic mass is 19.4. The highest BCUT2D eigenvalue weighted by molar-refractivity contribution is 5.80. The summed E-state index contributed by atoms with van der Waals surface area (Å²) >= 11 is 0. The summed E-state index contributed by atoms with van der Waals surface area (Å²) in [5, 5.41) is 12.2. The molecule has 0 spiro atoms. The monoisotopic (exact) mass is 564 g/mol. The molecule has 3 N–H and O–H groups in total. The first kappa shape index (κ1) is 28.5. The van der Waals surface area contributed by atoms with E-state index in [0.717, 1.165) is 12.2 Å². The van der Waals surface area contributed by atoms with Crippen LogP contribution in [0.4, 0.5) is 19.0 Å². The zero-order valence-electron chi connectivity index (χ0n) is 22.2. The van der Waals surface area contributed by atoms with Crippen molar-refractivity contribution < 1.29 is 27.5 Å². The van der Waals surface area contributed by atoms with E-state index in [-0.39, 0.29) is 37.1 Å². The van der Waals surface area contributed by atoms with E-state index >= 15 is 0 Å². The van der Waals surface area contributed by atoms with Gasteiger partial charge in [0.2, 0.25) is 11.8 Å². The number of hydrogen-bond acceptors (Lipinski definition) is 9. The maximum Gasteiger partial charge on any atom is 0.402 e. The molecule has 14 heteroatoms. The number of anilines is 1. The molecule has 40 heavy (non-hydrogen) atoms. The molecule has 5 rings (SSSR count). The molecule has 0 aliphatic carbocycles. The molecule has 4 fully saturated rings. The van der Waals surface area contributed by atoms with Crippen LogP contribution in [0.5, 0.6) is 0 Å². The molecule has 2 unspecified atom stereocenters. The van der Waals surface area contributed by atoms with Crippen molar-refractivity contribution in [2.24, 2.45) is 11.8 Å². The summed E-state index contributed by atoms with van der Waals surface area (Å²) in [7, 11) is 0. The number of nitriles is 1. The lowest BCUT2D eigenvalue weighted by atomic mass is 9.94. The highest BCUT2D eigenvalue weighted by Crippen LogP contribution is 2.35. The molecule has 5 atom stereocenters. The zero-order chi connectivity index (χ0) is 28.3. The van der Waals surface area contributed by atoms with Gasteiger partial charge in [-0.3, -0.25) is 19.9 Å². The third-order valence-corrected chi connectivity index (χ3v) is 8.37. The summed E-state index contributed by atoms with van der Waals surface area (Å²) in [6.07, 6.45) is -1.32. The molecule has 1 aromatic heterocycles. The molecule has 0 bridgehead atoms. The number of hydrazine groups is 1. The molecule has 1 aromatic rings. The average Bonchev–Trinajstić information content (AvgIpc) is 3.44. The largest absolute Gasteiger partial charge is 0.402 e. The fraction of sp³-hybridized carbons (Fsp3) is 0.692. The van der Waals surface area contributed by atoms with Crippen molar-refractivity contribution in [1.82, 2.24) is 31.0 Å². The number of carbonyl (C=O) groups excluding carboxylic acids is 2. The Balaban J connectivity index is 1.11. The molecule has 5 heterocycles. The molecule has 2 amide bonds. The van der Waals surface area contributed by atoms with Crippen LogP contribution in [0.25, 0.3) is 0 Å². The number of amides is 2. The number of rotatable bonds is 6. The first-order valence-corrected chi connectivity index (χ1v) is 13.8. The van der Waals surface area contributed by atoms with E-state index in [1.807, 2.05) is 11.0 Å². The summed E-state index contributed by atoms with van der Waals surface area (Å²) in [5.74, 6) is -2.52. The zero-order valence-corrected chi connectivity index (χ0v) is 22.2. The van der Waals surface area contributed by atoms with Crippen molar-refractivity contribution in [1.29, 1.82) is 5.26 Å². The van der Waals surface area contributed by atoms with Gasteiger partial charge in [-0.2, -0.15) is 18.4 Å². The summed E-state index contributed by atoms with van der Waals surface area (Å²) < 4.78 is 47.3. The fourth-order valence-corrected chi connectivity index (χ4v) is 6.28. The van der Waals surface area contributed by atoms with Gasteiger partial charge in [0.25, 0.3) is 0 Å². The van der Waals surface area contributed by atoms with E-state index in [1.165, 1.54) is 0 Å². The molecular weight excluding hydrogens is 529 g/mol. The smallest absolute Gasteiger partial charge is 0.375 e. The Hall–Kier alpha value is -2.99. The average molecular weight is 565 g/mol. The van der Waals surface area contributed by atoms with Gasteiger partial charge in [0.15, 0.2) is 5.92 Å². The number of ether oxygens (including phenoxy) is 1. The predicted molar refractivity (Wildman–Crippen MR) is 138 cm³/mol. The predicted octanol–water partition coefficient (Wildman–Crippen LogP) is 0.242. The van der Waals surface area contributed by atoms with E-state index in [9.17, 15) is 22.8 Å². The minimum Gasteiger partial charge on any atom is -0.375 e. The van der Waals surface area contributed by atoms with Crippen molar-refractivity contribution in [3.05, 3.63) is 23.9 Å². The number of piperazine rings is 1. The fourth-order valence-electron chi connectivity index (χ4n) is 6.28. The van der Waals surface area contributed by atoms with Gasteiger partial charge < -0.3 is 19.9 Å². The van der Waals surface area contributed by atoms with E-state index < -0.39 is 24.0 Å². The van der Waals surface area contributed by atoms with E-state index in [2.05, 4.69) is 32.1 Å². The number of halogens is 3. The van der Waals surface area contributed by atoms with Gasteiger partial charge in [0, 0.05) is 64.1 Å². The third-order valence-electron chi connectivity index (χ3n) is 8.37. The van der Waals surface area contributed by atoms with Crippen molar-refractivity contribution in [3.8, 4) is 6.07 Å². The third kappa shape index (κ3) is 6.33. The normalized spacial score (nSPS) is 30.1. The Kier molecular flexibility index (Phi) is 8.74. The number of nitrogens with one attached hydrogen (secondary N) is 3. The van der Waals surface area contributed by atoms with Gasteiger partial charge in [-0.05, 0) is 37.9 Å². The Morgan fingerprint density at radius 1 is 1.15 bits per heavy atom. The van der Waals surface area contributed by atoms with Gasteiger partial charge in [0.05, 0.1) is 24.2 Å². The van der Waals surface area contributed by atoms with Gasteiger partial charge in [-0.25, -0.2) is 10.4 Å². The van der Waals surface area contributed by atoms with Crippen molar-refractivity contribution in [2.75, 3.05) is 63.9 Å². The number of carbonyl (C=O) groups is 2. The molecule has 0 aromatic carbocycles. The van der Waals surface area contributed by atoms with Crippen LogP contribution in [0, 0.1) is 23.2 Å². The Morgan fingerprint density at radius 3 is 2.65 bits per heavy atom. The van der Waals surface area contributed by atoms with Gasteiger partial charge >= 0.3 is 6.18 Å². The number of aromatic nitrogens is 1. The van der Waals surface area contributed by atoms with Crippen LogP contribution in [-0.2, 0) is 14.3 Å². The van der Waals surface area contributed by atoms with Crippen LogP contribution in [-0.4, -0.2) is 110 Å². The minimum absolute atomic E-state index is 0.0163. The Labute approximate surface area is 231 Å². The van der Waals surface area contributed by atoms with Crippen molar-refractivity contribution in [2.45, 2.75) is 43.6 Å². The van der Waals surface area contributed by atoms with Crippen LogP contribution >= 0.6 is 0 Å². The second-order valence-corrected chi connectivity index (χ2v) is 10.9. The van der Waals surface area contributed by atoms with Crippen molar-refractivity contribution >= 4 is 17.6 Å². The summed E-state index contributed by atoms with van der Waals surface area (Å²) in [6.45, 7) is 4.33. The molecule has 218 valence electrons. The SMILES string of the molecule is N#Cc1ccc(N2CCN(C(=O)[C@@H]3CNC[C@@H](OC[C@@H]4CCCN4C4CNNC(=O)C4C(F)(F)F)C3)CC2)nc1. The van der Waals surface area contributed by atoms with Crippen molar-refractivity contribution in [3.63, 3.8) is 0 Å². The molecule has 11 nitrogen and oxygen atoms in total. The summed E-state index contributed by atoms with van der Waals surface area (Å²) in [6, 6.07) is 4.40. The maximum atomic E-state index is 13.7. The molecule has 0 saturated carbocycles. The first-order chi connectivity index (χ1) is 19.2. The van der Waals surface area contributed by atoms with Crippen LogP contribution in [0.1, 0.15) is 24.8 Å². The standard InChI is InChI=1S/C26H35F3N8O3/c27-26(28,29)23-21(15-33-34-24(23)38)37-5-1-2-19(37)16-40-20-10-18(13-31-14-20)25(39)36-8-6-35(7-9-36)22-4-3-17(11-30)12-32-22/h3-4,12,18-21,23,31,33H,1-2,5-10,13-16H2,(H,34,38)/t18-,19-,20-,21?,23?/m0/s1. The van der Waals surface area contributed by atoms with Crippen LogP contribution < -0.4 is 21.1 Å². The summed E-state index contributed by atoms with van der Waals surface area (Å²) in [5.41, 5.74) is 5.23. The number of nitrogens with zero attached hydrogens (tertiary/aromatic N) is 5. The maximum absolute atomic E-state index is 13.7. The van der Waals surface area contributed by atoms with Crippen LogP contribution in [0.2, 0.25) is 0 Å². The van der Waals surface area contributed by atoms with Gasteiger partial charge in [-0.15, -0.1) is 0 Å². The summed E-state index contributed by atoms with van der Waals surface area (Å²) in [4.78, 5) is 35.4. The van der Waals surface area contributed by atoms with Crippen LogP contribution in [0.3, 0.4) is 0 Å². The minimum atomic E-state index is -4.63. The molecule has 0 radical (unpaired) electrons. The Bertz CT molecular complexity index is 1090. The lowest BCUT2D eigenvalue weighted by molar-refractivity contribution is -0.202. The number of pyridine rings is 1. The van der Waals surface area contributed by atoms with E-state index in [1.54, 1.807) is 17.2 Å². The lowest BCUT2D eigenvalue weighted by Crippen LogP contribution is -2.65.